The van der Waals surface area contributed by atoms with Crippen LogP contribution in [0.1, 0.15) is 17.5 Å². The Balaban J connectivity index is 1.76. The third kappa shape index (κ3) is 3.86. The van der Waals surface area contributed by atoms with E-state index in [0.717, 1.165) is 24.3 Å². The molecule has 1 atom stereocenters. The molecule has 1 saturated heterocycles. The summed E-state index contributed by atoms with van der Waals surface area (Å²) in [7, 11) is 0. The monoisotopic (exact) mass is 382 g/mol. The lowest BCUT2D eigenvalue weighted by atomic mass is 10.1. The van der Waals surface area contributed by atoms with Crippen LogP contribution in [0.5, 0.6) is 0 Å². The van der Waals surface area contributed by atoms with Crippen molar-refractivity contribution in [2.24, 2.45) is 0 Å². The van der Waals surface area contributed by atoms with Crippen molar-refractivity contribution in [2.75, 3.05) is 26.3 Å². The Kier molecular flexibility index (Phi) is 5.45. The van der Waals surface area contributed by atoms with Crippen molar-refractivity contribution in [1.82, 2.24) is 19.2 Å². The lowest BCUT2D eigenvalue weighted by Crippen LogP contribution is -2.37. The van der Waals surface area contributed by atoms with Crippen molar-refractivity contribution < 1.29 is 9.84 Å². The van der Waals surface area contributed by atoms with Crippen LogP contribution in [0, 0.1) is 4.77 Å². The summed E-state index contributed by atoms with van der Waals surface area (Å²) in [6.07, 6.45) is -0.862. The highest BCUT2D eigenvalue weighted by Crippen LogP contribution is 2.24. The molecule has 1 aromatic heterocycles. The van der Waals surface area contributed by atoms with Gasteiger partial charge in [0.2, 0.25) is 4.77 Å². The maximum absolute atomic E-state index is 11.0. The van der Waals surface area contributed by atoms with Crippen LogP contribution in [0.4, 0.5) is 0 Å². The maximum Gasteiger partial charge on any atom is 0.203 e. The summed E-state index contributed by atoms with van der Waals surface area (Å²) in [5.41, 5.74) is 1.67. The summed E-state index contributed by atoms with van der Waals surface area (Å²) >= 11 is 5.73. The van der Waals surface area contributed by atoms with Crippen LogP contribution in [0.2, 0.25) is 0 Å². The highest BCUT2D eigenvalue weighted by Gasteiger charge is 2.22. The van der Waals surface area contributed by atoms with E-state index in [1.54, 1.807) is 4.68 Å². The predicted molar refractivity (Wildman–Crippen MR) is 105 cm³/mol. The van der Waals surface area contributed by atoms with Gasteiger partial charge in [-0.15, -0.1) is 0 Å². The molecule has 0 saturated carbocycles. The minimum atomic E-state index is -0.862. The molecular formula is C20H22N4O2S. The van der Waals surface area contributed by atoms with Gasteiger partial charge in [0, 0.05) is 18.8 Å². The molecule has 0 spiro atoms. The molecule has 4 rings (SSSR count). The average Bonchev–Trinajstić information content (AvgIpc) is 3.05. The van der Waals surface area contributed by atoms with Gasteiger partial charge >= 0.3 is 0 Å². The van der Waals surface area contributed by atoms with E-state index in [0.29, 0.717) is 30.5 Å². The molecule has 1 aliphatic rings. The van der Waals surface area contributed by atoms with Crippen LogP contribution < -0.4 is 0 Å². The quantitative estimate of drug-likeness (QED) is 0.688. The third-order valence-corrected chi connectivity index (χ3v) is 5.07. The van der Waals surface area contributed by atoms with E-state index in [-0.39, 0.29) is 0 Å². The fourth-order valence-electron chi connectivity index (χ4n) is 3.23. The number of hydrogen-bond acceptors (Lipinski definition) is 5. The number of benzene rings is 2. The lowest BCUT2D eigenvalue weighted by Gasteiger charge is -2.26. The Labute approximate surface area is 163 Å². The number of aliphatic hydroxyl groups is 1. The molecule has 3 aromatic rings. The number of aromatic nitrogens is 3. The fraction of sp³-hybridized carbons (Fsp3) is 0.300. The Hall–Kier alpha value is -2.32. The summed E-state index contributed by atoms with van der Waals surface area (Å²) < 4.78 is 9.63. The van der Waals surface area contributed by atoms with E-state index >= 15 is 0 Å². The maximum atomic E-state index is 11.0. The number of para-hydroxylation sites is 1. The second-order valence-corrected chi connectivity index (χ2v) is 6.86. The number of nitrogens with zero attached hydrogens (tertiary/aromatic N) is 4. The van der Waals surface area contributed by atoms with Crippen LogP contribution >= 0.6 is 12.2 Å². The van der Waals surface area contributed by atoms with Gasteiger partial charge in [0.15, 0.2) is 5.82 Å². The molecule has 2 heterocycles. The van der Waals surface area contributed by atoms with Gasteiger partial charge in [0.1, 0.15) is 6.10 Å². The second kappa shape index (κ2) is 8.14. The van der Waals surface area contributed by atoms with Gasteiger partial charge in [-0.2, -0.15) is 5.10 Å². The molecule has 140 valence electrons. The lowest BCUT2D eigenvalue weighted by molar-refractivity contribution is 0.0208. The molecule has 0 radical (unpaired) electrons. The van der Waals surface area contributed by atoms with E-state index in [4.69, 9.17) is 22.1 Å². The van der Waals surface area contributed by atoms with Crippen molar-refractivity contribution in [3.63, 3.8) is 0 Å². The van der Waals surface area contributed by atoms with Crippen LogP contribution in [-0.4, -0.2) is 50.7 Å². The zero-order chi connectivity index (χ0) is 18.6. The Morgan fingerprint density at radius 1 is 1.00 bits per heavy atom. The number of morpholine rings is 1. The molecule has 1 aliphatic heterocycles. The van der Waals surface area contributed by atoms with Crippen molar-refractivity contribution >= 4 is 12.2 Å². The minimum Gasteiger partial charge on any atom is -0.380 e. The minimum absolute atomic E-state index is 0.519. The van der Waals surface area contributed by atoms with Crippen LogP contribution in [-0.2, 0) is 11.4 Å². The highest BCUT2D eigenvalue weighted by molar-refractivity contribution is 7.71. The first kappa shape index (κ1) is 18.1. The first-order chi connectivity index (χ1) is 13.2. The van der Waals surface area contributed by atoms with Crippen molar-refractivity contribution in [3.05, 3.63) is 76.8 Å². The Morgan fingerprint density at radius 3 is 2.30 bits per heavy atom. The SMILES string of the molecule is O[C@H](c1ccccc1)c1nn(CN2CCOCC2)c(=S)n1-c1ccccc1. The van der Waals surface area contributed by atoms with Gasteiger partial charge in [-0.05, 0) is 29.9 Å². The van der Waals surface area contributed by atoms with E-state index in [2.05, 4.69) is 4.90 Å². The Bertz CT molecular complexity index is 934. The molecule has 0 unspecified atom stereocenters. The van der Waals surface area contributed by atoms with Crippen LogP contribution in [0.25, 0.3) is 5.69 Å². The van der Waals surface area contributed by atoms with Gasteiger partial charge in [-0.3, -0.25) is 9.47 Å². The van der Waals surface area contributed by atoms with Gasteiger partial charge in [-0.25, -0.2) is 4.68 Å². The summed E-state index contributed by atoms with van der Waals surface area (Å²) in [5.74, 6) is 0.519. The molecule has 27 heavy (non-hydrogen) atoms. The van der Waals surface area contributed by atoms with Crippen molar-refractivity contribution in [2.45, 2.75) is 12.8 Å². The number of ether oxygens (including phenoxy) is 1. The number of aliphatic hydroxyl groups excluding tert-OH is 1. The molecular weight excluding hydrogens is 360 g/mol. The topological polar surface area (TPSA) is 55.5 Å². The molecule has 7 heteroatoms. The zero-order valence-corrected chi connectivity index (χ0v) is 15.8. The van der Waals surface area contributed by atoms with Crippen molar-refractivity contribution in [3.8, 4) is 5.69 Å². The molecule has 1 fully saturated rings. The van der Waals surface area contributed by atoms with E-state index < -0.39 is 6.10 Å². The molecule has 0 bridgehead atoms. The molecule has 0 amide bonds. The molecule has 2 aromatic carbocycles. The first-order valence-corrected chi connectivity index (χ1v) is 9.43. The second-order valence-electron chi connectivity index (χ2n) is 6.50. The first-order valence-electron chi connectivity index (χ1n) is 9.02. The smallest absolute Gasteiger partial charge is 0.203 e. The average molecular weight is 382 g/mol. The Morgan fingerprint density at radius 2 is 1.63 bits per heavy atom. The predicted octanol–water partition coefficient (Wildman–Crippen LogP) is 2.77. The normalized spacial score (nSPS) is 16.3. The van der Waals surface area contributed by atoms with E-state index in [9.17, 15) is 5.11 Å². The van der Waals surface area contributed by atoms with Crippen LogP contribution in [0.15, 0.2) is 60.7 Å². The summed E-state index contributed by atoms with van der Waals surface area (Å²) in [5, 5.41) is 15.7. The van der Waals surface area contributed by atoms with Gasteiger partial charge in [0.25, 0.3) is 0 Å². The van der Waals surface area contributed by atoms with E-state index in [1.165, 1.54) is 0 Å². The van der Waals surface area contributed by atoms with Gasteiger partial charge in [-0.1, -0.05) is 48.5 Å². The number of rotatable bonds is 5. The summed E-state index contributed by atoms with van der Waals surface area (Å²) in [6.45, 7) is 3.70. The summed E-state index contributed by atoms with van der Waals surface area (Å²) in [4.78, 5) is 2.25. The van der Waals surface area contributed by atoms with Crippen molar-refractivity contribution in [1.29, 1.82) is 0 Å². The highest BCUT2D eigenvalue weighted by atomic mass is 32.1. The molecule has 6 nitrogen and oxygen atoms in total. The van der Waals surface area contributed by atoms with Gasteiger partial charge < -0.3 is 9.84 Å². The standard InChI is InChI=1S/C20H22N4O2S/c25-18(16-7-3-1-4-8-16)19-21-23(15-22-11-13-26-14-12-22)20(27)24(19)17-9-5-2-6-10-17/h1-10,18,25H,11-15H2/t18-/m1/s1. The van der Waals surface area contributed by atoms with E-state index in [1.807, 2.05) is 65.2 Å². The zero-order valence-electron chi connectivity index (χ0n) is 14.9. The van der Waals surface area contributed by atoms with Gasteiger partial charge in [0.05, 0.1) is 19.9 Å². The summed E-state index contributed by atoms with van der Waals surface area (Å²) in [6, 6.07) is 19.3. The molecule has 0 aliphatic carbocycles. The number of hydrogen-bond donors (Lipinski definition) is 1. The van der Waals surface area contributed by atoms with Crippen LogP contribution in [0.3, 0.4) is 0 Å². The largest absolute Gasteiger partial charge is 0.380 e. The fourth-order valence-corrected chi connectivity index (χ4v) is 3.53. The third-order valence-electron chi connectivity index (χ3n) is 4.68. The molecule has 1 N–H and O–H groups in total.